The highest BCUT2D eigenvalue weighted by molar-refractivity contribution is 6.30. The van der Waals surface area contributed by atoms with E-state index in [1.807, 2.05) is 19.2 Å². The third-order valence-electron chi connectivity index (χ3n) is 5.00. The van der Waals surface area contributed by atoms with Gasteiger partial charge in [0, 0.05) is 6.04 Å². The van der Waals surface area contributed by atoms with Crippen molar-refractivity contribution < 1.29 is 4.39 Å². The molecule has 1 unspecified atom stereocenters. The molecular formula is C18H27ClFN. The van der Waals surface area contributed by atoms with Gasteiger partial charge in [0.25, 0.3) is 0 Å². The van der Waals surface area contributed by atoms with Gasteiger partial charge in [-0.05, 0) is 49.8 Å². The third-order valence-corrected chi connectivity index (χ3v) is 5.29. The zero-order valence-corrected chi connectivity index (χ0v) is 13.9. The predicted octanol–water partition coefficient (Wildman–Crippen LogP) is 5.22. The van der Waals surface area contributed by atoms with Crippen molar-refractivity contribution in [2.24, 2.45) is 11.8 Å². The minimum absolute atomic E-state index is 0.231. The molecule has 0 spiro atoms. The predicted molar refractivity (Wildman–Crippen MR) is 88.3 cm³/mol. The molecule has 1 aromatic rings. The number of halogens is 2. The van der Waals surface area contributed by atoms with Gasteiger partial charge in [-0.3, -0.25) is 0 Å². The van der Waals surface area contributed by atoms with E-state index in [2.05, 4.69) is 12.2 Å². The van der Waals surface area contributed by atoms with Gasteiger partial charge < -0.3 is 5.32 Å². The molecule has 0 saturated heterocycles. The van der Waals surface area contributed by atoms with Crippen molar-refractivity contribution in [3.05, 3.63) is 34.6 Å². The maximum absolute atomic E-state index is 14.1. The van der Waals surface area contributed by atoms with Crippen LogP contribution in [0.1, 0.15) is 51.0 Å². The quantitative estimate of drug-likeness (QED) is 0.760. The first-order chi connectivity index (χ1) is 10.2. The van der Waals surface area contributed by atoms with Crippen LogP contribution < -0.4 is 5.32 Å². The topological polar surface area (TPSA) is 12.0 Å². The summed E-state index contributed by atoms with van der Waals surface area (Å²) in [5.41, 5.74) is 0.734. The van der Waals surface area contributed by atoms with Crippen molar-refractivity contribution in [2.75, 3.05) is 7.05 Å². The Kier molecular flexibility index (Phi) is 6.50. The van der Waals surface area contributed by atoms with Crippen molar-refractivity contribution in [3.8, 4) is 0 Å². The van der Waals surface area contributed by atoms with Crippen LogP contribution in [0.25, 0.3) is 0 Å². The first kappa shape index (κ1) is 16.8. The molecule has 21 heavy (non-hydrogen) atoms. The Morgan fingerprint density at radius 1 is 1.29 bits per heavy atom. The number of likely N-dealkylation sites (N-methyl/N-ethyl adjacent to an activating group) is 1. The van der Waals surface area contributed by atoms with Crippen LogP contribution >= 0.6 is 11.6 Å². The summed E-state index contributed by atoms with van der Waals surface area (Å²) in [4.78, 5) is 0. The molecule has 1 atom stereocenters. The molecule has 0 heterocycles. The first-order valence-electron chi connectivity index (χ1n) is 8.25. The summed E-state index contributed by atoms with van der Waals surface area (Å²) in [5.74, 6) is 1.31. The van der Waals surface area contributed by atoms with Crippen LogP contribution in [0, 0.1) is 17.7 Å². The smallest absolute Gasteiger partial charge is 0.145 e. The van der Waals surface area contributed by atoms with Gasteiger partial charge in [0.15, 0.2) is 0 Å². The van der Waals surface area contributed by atoms with Crippen molar-refractivity contribution >= 4 is 11.6 Å². The Hall–Kier alpha value is -0.600. The van der Waals surface area contributed by atoms with E-state index in [1.54, 1.807) is 6.07 Å². The van der Waals surface area contributed by atoms with Crippen LogP contribution in [0.15, 0.2) is 18.2 Å². The van der Waals surface area contributed by atoms with Crippen LogP contribution in [0.3, 0.4) is 0 Å². The Morgan fingerprint density at radius 3 is 2.62 bits per heavy atom. The fourth-order valence-electron chi connectivity index (χ4n) is 3.73. The molecule has 0 amide bonds. The monoisotopic (exact) mass is 311 g/mol. The summed E-state index contributed by atoms with van der Waals surface area (Å²) in [6, 6.07) is 5.66. The van der Waals surface area contributed by atoms with Crippen LogP contribution in [-0.2, 0) is 6.42 Å². The van der Waals surface area contributed by atoms with Crippen molar-refractivity contribution in [3.63, 3.8) is 0 Å². The fourth-order valence-corrected chi connectivity index (χ4v) is 3.93. The van der Waals surface area contributed by atoms with Crippen LogP contribution in [0.2, 0.25) is 5.02 Å². The van der Waals surface area contributed by atoms with E-state index >= 15 is 0 Å². The lowest BCUT2D eigenvalue weighted by Gasteiger charge is -2.34. The van der Waals surface area contributed by atoms with Crippen LogP contribution in [-0.4, -0.2) is 13.1 Å². The van der Waals surface area contributed by atoms with Gasteiger partial charge in [0.05, 0.1) is 5.02 Å². The molecule has 1 aromatic carbocycles. The molecule has 118 valence electrons. The maximum atomic E-state index is 14.1. The van der Waals surface area contributed by atoms with E-state index < -0.39 is 0 Å². The Labute approximate surface area is 133 Å². The minimum atomic E-state index is -0.251. The number of nitrogens with one attached hydrogen (secondary N) is 1. The van der Waals surface area contributed by atoms with E-state index in [9.17, 15) is 4.39 Å². The van der Waals surface area contributed by atoms with E-state index in [0.29, 0.717) is 12.0 Å². The van der Waals surface area contributed by atoms with E-state index in [-0.39, 0.29) is 10.8 Å². The Bertz CT molecular complexity index is 441. The van der Waals surface area contributed by atoms with Gasteiger partial charge in [-0.2, -0.15) is 0 Å². The molecule has 3 heteroatoms. The highest BCUT2D eigenvalue weighted by atomic mass is 35.5. The standard InChI is InChI=1S/C18H27ClFN/c1-3-5-13-8-10-14(11-9-13)17(21-2)12-15-6-4-7-16(19)18(15)20/h4,6-7,13-14,17,21H,3,5,8-12H2,1-2H3. The summed E-state index contributed by atoms with van der Waals surface area (Å²) in [5, 5.41) is 3.63. The molecule has 1 aliphatic carbocycles. The SMILES string of the molecule is CCCC1CCC(C(Cc2cccc(Cl)c2F)NC)CC1. The minimum Gasteiger partial charge on any atom is -0.316 e. The molecular weight excluding hydrogens is 285 g/mol. The number of benzene rings is 1. The Balaban J connectivity index is 1.96. The van der Waals surface area contributed by atoms with Gasteiger partial charge in [0.1, 0.15) is 5.82 Å². The summed E-state index contributed by atoms with van der Waals surface area (Å²) in [6.45, 7) is 2.27. The molecule has 1 fully saturated rings. The molecule has 1 saturated carbocycles. The summed E-state index contributed by atoms with van der Waals surface area (Å²) in [6.07, 6.45) is 8.56. The maximum Gasteiger partial charge on any atom is 0.145 e. The third kappa shape index (κ3) is 4.43. The van der Waals surface area contributed by atoms with Gasteiger partial charge in [-0.1, -0.05) is 56.3 Å². The molecule has 1 N–H and O–H groups in total. The van der Waals surface area contributed by atoms with Gasteiger partial charge in [-0.15, -0.1) is 0 Å². The van der Waals surface area contributed by atoms with Crippen molar-refractivity contribution in [1.82, 2.24) is 5.32 Å². The normalized spacial score (nSPS) is 24.0. The lowest BCUT2D eigenvalue weighted by atomic mass is 9.76. The fraction of sp³-hybridized carbons (Fsp3) is 0.667. The molecule has 1 aliphatic rings. The van der Waals surface area contributed by atoms with Crippen LogP contribution in [0.4, 0.5) is 4.39 Å². The molecule has 0 radical (unpaired) electrons. The first-order valence-corrected chi connectivity index (χ1v) is 8.63. The number of hydrogen-bond donors (Lipinski definition) is 1. The van der Waals surface area contributed by atoms with Gasteiger partial charge >= 0.3 is 0 Å². The lowest BCUT2D eigenvalue weighted by molar-refractivity contribution is 0.217. The average molecular weight is 312 g/mol. The van der Waals surface area contributed by atoms with E-state index in [0.717, 1.165) is 17.9 Å². The molecule has 2 rings (SSSR count). The van der Waals surface area contributed by atoms with Gasteiger partial charge in [0.2, 0.25) is 0 Å². The average Bonchev–Trinajstić information content (AvgIpc) is 2.50. The van der Waals surface area contributed by atoms with Crippen molar-refractivity contribution in [2.45, 2.75) is 57.9 Å². The molecule has 0 aromatic heterocycles. The molecule has 0 bridgehead atoms. The van der Waals surface area contributed by atoms with Crippen molar-refractivity contribution in [1.29, 1.82) is 0 Å². The summed E-state index contributed by atoms with van der Waals surface area (Å²) < 4.78 is 14.1. The zero-order chi connectivity index (χ0) is 15.2. The Morgan fingerprint density at radius 2 is 2.00 bits per heavy atom. The van der Waals surface area contributed by atoms with E-state index in [4.69, 9.17) is 11.6 Å². The molecule has 0 aliphatic heterocycles. The molecule has 1 nitrogen and oxygen atoms in total. The summed E-state index contributed by atoms with van der Waals surface area (Å²) >= 11 is 5.88. The highest BCUT2D eigenvalue weighted by Crippen LogP contribution is 2.34. The van der Waals surface area contributed by atoms with Crippen LogP contribution in [0.5, 0.6) is 0 Å². The highest BCUT2D eigenvalue weighted by Gasteiger charge is 2.27. The lowest BCUT2D eigenvalue weighted by Crippen LogP contribution is -2.37. The zero-order valence-electron chi connectivity index (χ0n) is 13.2. The van der Waals surface area contributed by atoms with Gasteiger partial charge in [-0.25, -0.2) is 4.39 Å². The number of hydrogen-bond acceptors (Lipinski definition) is 1. The number of rotatable bonds is 6. The largest absolute Gasteiger partial charge is 0.316 e. The second kappa shape index (κ2) is 8.14. The van der Waals surface area contributed by atoms with E-state index in [1.165, 1.54) is 38.5 Å². The summed E-state index contributed by atoms with van der Waals surface area (Å²) in [7, 11) is 1.99. The second-order valence-electron chi connectivity index (χ2n) is 6.38. The second-order valence-corrected chi connectivity index (χ2v) is 6.79.